The molecule has 1 spiro atoms. The molecule has 0 aromatic carbocycles. The molecule has 3 fully saturated rings. The van der Waals surface area contributed by atoms with Gasteiger partial charge in [0, 0.05) is 37.0 Å². The Bertz CT molecular complexity index is 763. The molecule has 3 heterocycles. The number of aliphatic carboxylic acids is 1. The van der Waals surface area contributed by atoms with Crippen LogP contribution < -0.4 is 5.32 Å². The summed E-state index contributed by atoms with van der Waals surface area (Å²) in [7, 11) is 0. The van der Waals surface area contributed by atoms with Crippen molar-refractivity contribution in [3.8, 4) is 0 Å². The van der Waals surface area contributed by atoms with Gasteiger partial charge < -0.3 is 15.2 Å². The van der Waals surface area contributed by atoms with E-state index in [1.807, 2.05) is 11.3 Å². The summed E-state index contributed by atoms with van der Waals surface area (Å²) in [6.07, 6.45) is 0.605. The van der Waals surface area contributed by atoms with Crippen molar-refractivity contribution in [1.29, 1.82) is 0 Å². The summed E-state index contributed by atoms with van der Waals surface area (Å²) in [5.74, 6) is -1.70. The minimum Gasteiger partial charge on any atom is -0.475 e. The van der Waals surface area contributed by atoms with Crippen molar-refractivity contribution in [1.82, 2.24) is 10.2 Å². The van der Waals surface area contributed by atoms with E-state index >= 15 is 0 Å². The SMILES string of the molecule is Cc1ccsc1CN1CC2(CCC(CNC(=O)C3CCC3)CO2)C1.O=C(O)C(F)(F)F. The maximum absolute atomic E-state index is 11.9. The van der Waals surface area contributed by atoms with Gasteiger partial charge in [-0.25, -0.2) is 4.79 Å². The number of hydrogen-bond acceptors (Lipinski definition) is 5. The molecule has 0 bridgehead atoms. The Kier molecular flexibility index (Phi) is 7.64. The van der Waals surface area contributed by atoms with Crippen LogP contribution in [0.25, 0.3) is 0 Å². The number of carbonyl (C=O) groups is 2. The topological polar surface area (TPSA) is 78.9 Å². The molecule has 4 rings (SSSR count). The van der Waals surface area contributed by atoms with Gasteiger partial charge >= 0.3 is 12.1 Å². The predicted octanol–water partition coefficient (Wildman–Crippen LogP) is 3.59. The molecule has 2 saturated heterocycles. The number of aryl methyl sites for hydroxylation is 1. The Morgan fingerprint density at radius 3 is 2.45 bits per heavy atom. The average molecular weight is 463 g/mol. The van der Waals surface area contributed by atoms with Crippen LogP contribution in [0.1, 0.15) is 42.5 Å². The number of likely N-dealkylation sites (tertiary alicyclic amines) is 1. The molecule has 0 radical (unpaired) electrons. The number of hydrogen-bond donors (Lipinski definition) is 2. The van der Waals surface area contributed by atoms with Crippen LogP contribution in [0.15, 0.2) is 11.4 Å². The number of nitrogens with one attached hydrogen (secondary N) is 1. The molecule has 10 heteroatoms. The number of ether oxygens (including phenoxy) is 1. The second-order valence-electron chi connectivity index (χ2n) is 8.75. The van der Waals surface area contributed by atoms with Crippen LogP contribution in [0.5, 0.6) is 0 Å². The number of halogens is 3. The average Bonchev–Trinajstić information content (AvgIpc) is 3.03. The Labute approximate surface area is 183 Å². The van der Waals surface area contributed by atoms with E-state index in [1.165, 1.54) is 23.3 Å². The van der Waals surface area contributed by atoms with Crippen molar-refractivity contribution in [3.05, 3.63) is 21.9 Å². The molecular weight excluding hydrogens is 433 g/mol. The maximum atomic E-state index is 11.9. The lowest BCUT2D eigenvalue weighted by Gasteiger charge is -2.53. The molecule has 1 aromatic heterocycles. The number of nitrogens with zero attached hydrogens (tertiary/aromatic N) is 1. The van der Waals surface area contributed by atoms with Crippen LogP contribution in [-0.2, 0) is 20.9 Å². The lowest BCUT2D eigenvalue weighted by atomic mass is 9.82. The Morgan fingerprint density at radius 2 is 2.00 bits per heavy atom. The molecule has 31 heavy (non-hydrogen) atoms. The van der Waals surface area contributed by atoms with Gasteiger partial charge in [-0.15, -0.1) is 11.3 Å². The van der Waals surface area contributed by atoms with Crippen LogP contribution in [-0.4, -0.2) is 59.9 Å². The lowest BCUT2D eigenvalue weighted by Crippen LogP contribution is -2.64. The van der Waals surface area contributed by atoms with E-state index in [0.29, 0.717) is 11.8 Å². The van der Waals surface area contributed by atoms with Crippen LogP contribution >= 0.6 is 11.3 Å². The van der Waals surface area contributed by atoms with Crippen LogP contribution in [0.4, 0.5) is 13.2 Å². The first kappa shape index (κ1) is 24.0. The molecule has 3 aliphatic rings. The third kappa shape index (κ3) is 6.43. The zero-order valence-electron chi connectivity index (χ0n) is 17.5. The van der Waals surface area contributed by atoms with E-state index in [4.69, 9.17) is 14.6 Å². The molecule has 1 unspecified atom stereocenters. The van der Waals surface area contributed by atoms with Gasteiger partial charge in [-0.3, -0.25) is 9.69 Å². The number of carboxylic acid groups (broad SMARTS) is 1. The van der Waals surface area contributed by atoms with Crippen molar-refractivity contribution >= 4 is 23.2 Å². The Morgan fingerprint density at radius 1 is 1.32 bits per heavy atom. The quantitative estimate of drug-likeness (QED) is 0.699. The summed E-state index contributed by atoms with van der Waals surface area (Å²) in [6.45, 7) is 6.98. The van der Waals surface area contributed by atoms with Crippen molar-refractivity contribution < 1.29 is 32.6 Å². The first-order chi connectivity index (χ1) is 14.6. The summed E-state index contributed by atoms with van der Waals surface area (Å²) in [4.78, 5) is 24.8. The molecule has 6 nitrogen and oxygen atoms in total. The molecule has 1 atom stereocenters. The Balaban J connectivity index is 0.000000339. The van der Waals surface area contributed by atoms with E-state index in [0.717, 1.165) is 52.0 Å². The minimum absolute atomic E-state index is 0.0969. The molecule has 2 aliphatic heterocycles. The second kappa shape index (κ2) is 9.87. The van der Waals surface area contributed by atoms with Crippen LogP contribution in [0.2, 0.25) is 0 Å². The van der Waals surface area contributed by atoms with Crippen molar-refractivity contribution in [2.75, 3.05) is 26.2 Å². The number of carbonyl (C=O) groups excluding carboxylic acids is 1. The first-order valence-corrected chi connectivity index (χ1v) is 11.4. The van der Waals surface area contributed by atoms with Crippen LogP contribution in [0, 0.1) is 18.8 Å². The van der Waals surface area contributed by atoms with Gasteiger partial charge in [-0.05, 0) is 55.5 Å². The fourth-order valence-electron chi connectivity index (χ4n) is 4.04. The molecule has 1 amide bonds. The van der Waals surface area contributed by atoms with Gasteiger partial charge in [0.2, 0.25) is 5.91 Å². The third-order valence-electron chi connectivity index (χ3n) is 6.28. The fourth-order valence-corrected chi connectivity index (χ4v) is 4.98. The Hall–Kier alpha value is -1.65. The number of thiophene rings is 1. The molecular formula is C21H29F3N2O4S. The molecule has 1 aromatic rings. The molecule has 2 N–H and O–H groups in total. The number of alkyl halides is 3. The summed E-state index contributed by atoms with van der Waals surface area (Å²) in [5, 5.41) is 12.4. The largest absolute Gasteiger partial charge is 0.490 e. The normalized spacial score (nSPS) is 23.3. The third-order valence-corrected chi connectivity index (χ3v) is 7.28. The van der Waals surface area contributed by atoms with E-state index in [9.17, 15) is 18.0 Å². The standard InChI is InChI=1S/C19H28N2O2S.C2HF3O2/c1-14-6-8-24-17(14)10-21-12-19(13-21)7-5-15(11-23-19)9-20-18(22)16-3-2-4-16;3-2(4,5)1(6)7/h6,8,15-16H,2-5,7,9-13H2,1H3,(H,20,22);(H,6,7). The summed E-state index contributed by atoms with van der Waals surface area (Å²) >= 11 is 1.86. The van der Waals surface area contributed by atoms with Gasteiger partial charge in [0.1, 0.15) is 0 Å². The van der Waals surface area contributed by atoms with Crippen LogP contribution in [0.3, 0.4) is 0 Å². The van der Waals surface area contributed by atoms with Crippen molar-refractivity contribution in [2.24, 2.45) is 11.8 Å². The van der Waals surface area contributed by atoms with Gasteiger partial charge in [0.15, 0.2) is 0 Å². The highest BCUT2D eigenvalue weighted by atomic mass is 32.1. The minimum atomic E-state index is -5.08. The highest BCUT2D eigenvalue weighted by molar-refractivity contribution is 7.10. The fraction of sp³-hybridized carbons (Fsp3) is 0.714. The van der Waals surface area contributed by atoms with E-state index in [-0.39, 0.29) is 11.5 Å². The zero-order valence-corrected chi connectivity index (χ0v) is 18.4. The second-order valence-corrected chi connectivity index (χ2v) is 9.75. The summed E-state index contributed by atoms with van der Waals surface area (Å²) < 4.78 is 38.0. The van der Waals surface area contributed by atoms with Crippen molar-refractivity contribution in [3.63, 3.8) is 0 Å². The molecule has 1 saturated carbocycles. The zero-order chi connectivity index (χ0) is 22.6. The number of rotatable bonds is 5. The maximum Gasteiger partial charge on any atom is 0.490 e. The monoisotopic (exact) mass is 462 g/mol. The lowest BCUT2D eigenvalue weighted by molar-refractivity contribution is -0.192. The van der Waals surface area contributed by atoms with Gasteiger partial charge in [0.05, 0.1) is 12.2 Å². The van der Waals surface area contributed by atoms with E-state index in [2.05, 4.69) is 28.6 Å². The molecule has 1 aliphatic carbocycles. The van der Waals surface area contributed by atoms with E-state index in [1.54, 1.807) is 0 Å². The van der Waals surface area contributed by atoms with Gasteiger partial charge in [0.25, 0.3) is 0 Å². The predicted molar refractivity (Wildman–Crippen MR) is 110 cm³/mol. The summed E-state index contributed by atoms with van der Waals surface area (Å²) in [6, 6.07) is 2.20. The van der Waals surface area contributed by atoms with Crippen molar-refractivity contribution in [2.45, 2.75) is 57.3 Å². The molecule has 174 valence electrons. The highest BCUT2D eigenvalue weighted by Gasteiger charge is 2.46. The smallest absolute Gasteiger partial charge is 0.475 e. The number of amides is 1. The highest BCUT2D eigenvalue weighted by Crippen LogP contribution is 2.37. The summed E-state index contributed by atoms with van der Waals surface area (Å²) in [5.41, 5.74) is 1.51. The van der Waals surface area contributed by atoms with Gasteiger partial charge in [-0.1, -0.05) is 6.42 Å². The van der Waals surface area contributed by atoms with Gasteiger partial charge in [-0.2, -0.15) is 13.2 Å². The first-order valence-electron chi connectivity index (χ1n) is 10.5. The number of carboxylic acids is 1. The van der Waals surface area contributed by atoms with E-state index < -0.39 is 12.1 Å².